The molecule has 0 atom stereocenters. The molecule has 1 aromatic carbocycles. The predicted octanol–water partition coefficient (Wildman–Crippen LogP) is 3.79. The molecule has 1 rings (SSSR count). The van der Waals surface area contributed by atoms with E-state index in [1.54, 1.807) is 6.07 Å². The van der Waals surface area contributed by atoms with Crippen molar-refractivity contribution in [1.29, 1.82) is 0 Å². The Morgan fingerprint density at radius 1 is 1.31 bits per heavy atom. The van der Waals surface area contributed by atoms with Crippen LogP contribution in [0.4, 0.5) is 4.39 Å². The van der Waals surface area contributed by atoms with Crippen molar-refractivity contribution in [3.05, 3.63) is 27.4 Å². The van der Waals surface area contributed by atoms with Crippen LogP contribution in [0.2, 0.25) is 24.7 Å². The van der Waals surface area contributed by atoms with Gasteiger partial charge >= 0.3 is 0 Å². The zero-order chi connectivity index (χ0) is 10.2. The van der Waals surface area contributed by atoms with Crippen LogP contribution < -0.4 is 5.19 Å². The second kappa shape index (κ2) is 3.71. The van der Waals surface area contributed by atoms with Gasteiger partial charge in [-0.2, -0.15) is 0 Å². The summed E-state index contributed by atoms with van der Waals surface area (Å²) in [5.74, 6) is -0.268. The van der Waals surface area contributed by atoms with Gasteiger partial charge in [0.25, 0.3) is 0 Å². The van der Waals surface area contributed by atoms with Crippen LogP contribution in [0.5, 0.6) is 0 Å². The second-order valence-electron chi connectivity index (χ2n) is 3.97. The Labute approximate surface area is 92.2 Å². The number of benzene rings is 1. The van der Waals surface area contributed by atoms with E-state index >= 15 is 0 Å². The molecule has 0 aromatic heterocycles. The van der Waals surface area contributed by atoms with Crippen LogP contribution >= 0.6 is 27.5 Å². The van der Waals surface area contributed by atoms with E-state index in [1.165, 1.54) is 0 Å². The fourth-order valence-electron chi connectivity index (χ4n) is 1.11. The molecule has 0 saturated heterocycles. The first-order valence-electron chi connectivity index (χ1n) is 3.98. The summed E-state index contributed by atoms with van der Waals surface area (Å²) in [5, 5.41) is 0.973. The largest absolute Gasteiger partial charge is 0.205 e. The second-order valence-corrected chi connectivity index (χ2v) is 10.2. The van der Waals surface area contributed by atoms with Crippen LogP contribution in [-0.2, 0) is 0 Å². The lowest BCUT2D eigenvalue weighted by molar-refractivity contribution is 0.634. The maximum atomic E-state index is 13.6. The van der Waals surface area contributed by atoms with E-state index < -0.39 is 8.07 Å². The Morgan fingerprint density at radius 2 is 1.85 bits per heavy atom. The van der Waals surface area contributed by atoms with E-state index in [-0.39, 0.29) is 10.8 Å². The lowest BCUT2D eigenvalue weighted by Gasteiger charge is -2.18. The molecule has 0 saturated carbocycles. The molecule has 0 nitrogen and oxygen atoms in total. The van der Waals surface area contributed by atoms with Gasteiger partial charge in [-0.15, -0.1) is 0 Å². The molecule has 0 amide bonds. The van der Waals surface area contributed by atoms with Crippen molar-refractivity contribution in [2.75, 3.05) is 0 Å². The standard InChI is InChI=1S/C9H11BrClFSi/c1-13(2,3)7-5-4-6(10)8(11)9(7)12/h4-5H,1-3H3. The Balaban J connectivity index is 3.35. The summed E-state index contributed by atoms with van der Waals surface area (Å²) in [4.78, 5) is 0. The van der Waals surface area contributed by atoms with Crippen molar-refractivity contribution in [2.24, 2.45) is 0 Å². The van der Waals surface area contributed by atoms with Gasteiger partial charge in [-0.05, 0) is 27.2 Å². The highest BCUT2D eigenvalue weighted by Crippen LogP contribution is 2.25. The van der Waals surface area contributed by atoms with Crippen LogP contribution in [0.3, 0.4) is 0 Å². The fraction of sp³-hybridized carbons (Fsp3) is 0.333. The molecule has 0 spiro atoms. The summed E-state index contributed by atoms with van der Waals surface area (Å²) in [6.45, 7) is 6.28. The van der Waals surface area contributed by atoms with Crippen LogP contribution in [0.1, 0.15) is 0 Å². The first-order valence-corrected chi connectivity index (χ1v) is 8.65. The zero-order valence-electron chi connectivity index (χ0n) is 7.79. The summed E-state index contributed by atoms with van der Waals surface area (Å²) >= 11 is 8.98. The minimum absolute atomic E-state index is 0.194. The SMILES string of the molecule is C[Si](C)(C)c1ccc(Br)c(Cl)c1F. The molecular formula is C9H11BrClFSi. The van der Waals surface area contributed by atoms with Crippen LogP contribution in [0.25, 0.3) is 0 Å². The summed E-state index contributed by atoms with van der Waals surface area (Å²) < 4.78 is 14.3. The lowest BCUT2D eigenvalue weighted by Crippen LogP contribution is -2.40. The highest BCUT2D eigenvalue weighted by Gasteiger charge is 2.22. The molecule has 0 aliphatic carbocycles. The fourth-order valence-corrected chi connectivity index (χ4v) is 3.02. The van der Waals surface area contributed by atoms with Crippen LogP contribution in [0, 0.1) is 5.82 Å². The highest BCUT2D eigenvalue weighted by atomic mass is 79.9. The van der Waals surface area contributed by atoms with E-state index in [4.69, 9.17) is 11.6 Å². The van der Waals surface area contributed by atoms with E-state index in [0.717, 1.165) is 5.19 Å². The molecular weight excluding hydrogens is 271 g/mol. The van der Waals surface area contributed by atoms with Crippen LogP contribution in [0.15, 0.2) is 16.6 Å². The molecule has 0 N–H and O–H groups in total. The van der Waals surface area contributed by atoms with Gasteiger partial charge in [0.15, 0.2) is 0 Å². The molecule has 13 heavy (non-hydrogen) atoms. The van der Waals surface area contributed by atoms with Crippen molar-refractivity contribution in [3.63, 3.8) is 0 Å². The van der Waals surface area contributed by atoms with Crippen molar-refractivity contribution < 1.29 is 4.39 Å². The van der Waals surface area contributed by atoms with Gasteiger partial charge < -0.3 is 0 Å². The predicted molar refractivity (Wildman–Crippen MR) is 62.1 cm³/mol. The Morgan fingerprint density at radius 3 is 2.31 bits per heavy atom. The van der Waals surface area contributed by atoms with Crippen molar-refractivity contribution >= 4 is 40.8 Å². The Bertz CT molecular complexity index is 333. The monoisotopic (exact) mass is 280 g/mol. The summed E-state index contributed by atoms with van der Waals surface area (Å²) in [7, 11) is -1.61. The first kappa shape index (κ1) is 11.2. The molecule has 0 unspecified atom stereocenters. The number of hydrogen-bond donors (Lipinski definition) is 0. The summed E-state index contributed by atoms with van der Waals surface area (Å²) in [5.41, 5.74) is 0. The topological polar surface area (TPSA) is 0 Å². The Kier molecular flexibility index (Phi) is 3.20. The molecule has 4 heteroatoms. The zero-order valence-corrected chi connectivity index (χ0v) is 11.1. The molecule has 0 bridgehead atoms. The molecule has 0 fully saturated rings. The third-order valence-electron chi connectivity index (χ3n) is 1.84. The van der Waals surface area contributed by atoms with Crippen molar-refractivity contribution in [3.8, 4) is 0 Å². The lowest BCUT2D eigenvalue weighted by atomic mass is 10.3. The van der Waals surface area contributed by atoms with Crippen molar-refractivity contribution in [1.82, 2.24) is 0 Å². The highest BCUT2D eigenvalue weighted by molar-refractivity contribution is 9.10. The molecule has 1 aromatic rings. The molecule has 0 radical (unpaired) electrons. The summed E-state index contributed by atoms with van der Waals surface area (Å²) in [6.07, 6.45) is 0. The van der Waals surface area contributed by atoms with Gasteiger partial charge in [-0.3, -0.25) is 0 Å². The molecule has 0 heterocycles. The average Bonchev–Trinajstić information content (AvgIpc) is 1.98. The Hall–Kier alpha value is 0.137. The van der Waals surface area contributed by atoms with Gasteiger partial charge in [0.1, 0.15) is 5.82 Å². The van der Waals surface area contributed by atoms with E-state index in [2.05, 4.69) is 35.6 Å². The normalized spacial score (nSPS) is 11.8. The molecule has 0 aliphatic rings. The minimum Gasteiger partial charge on any atom is -0.205 e. The van der Waals surface area contributed by atoms with Gasteiger partial charge in [0, 0.05) is 4.47 Å². The first-order chi connectivity index (χ1) is 5.84. The maximum Gasteiger partial charge on any atom is 0.142 e. The van der Waals surface area contributed by atoms with Gasteiger partial charge in [0.2, 0.25) is 0 Å². The van der Waals surface area contributed by atoms with Gasteiger partial charge in [0.05, 0.1) is 13.1 Å². The van der Waals surface area contributed by atoms with E-state index in [0.29, 0.717) is 4.47 Å². The van der Waals surface area contributed by atoms with Crippen LogP contribution in [-0.4, -0.2) is 8.07 Å². The quantitative estimate of drug-likeness (QED) is 0.543. The summed E-state index contributed by atoms with van der Waals surface area (Å²) in [6, 6.07) is 3.62. The number of rotatable bonds is 1. The van der Waals surface area contributed by atoms with E-state index in [1.807, 2.05) is 6.07 Å². The van der Waals surface area contributed by atoms with Gasteiger partial charge in [-0.25, -0.2) is 4.39 Å². The number of halogens is 3. The smallest absolute Gasteiger partial charge is 0.142 e. The van der Waals surface area contributed by atoms with E-state index in [9.17, 15) is 4.39 Å². The van der Waals surface area contributed by atoms with Gasteiger partial charge in [-0.1, -0.05) is 37.3 Å². The molecule has 0 aliphatic heterocycles. The number of hydrogen-bond acceptors (Lipinski definition) is 0. The third-order valence-corrected chi connectivity index (χ3v) is 5.10. The molecule has 72 valence electrons. The minimum atomic E-state index is -1.61. The van der Waals surface area contributed by atoms with Crippen molar-refractivity contribution in [2.45, 2.75) is 19.6 Å². The third kappa shape index (κ3) is 2.33. The average molecular weight is 282 g/mol. The maximum absolute atomic E-state index is 13.6.